The van der Waals surface area contributed by atoms with E-state index in [2.05, 4.69) is 16.4 Å². The highest BCUT2D eigenvalue weighted by Crippen LogP contribution is 2.22. The topological polar surface area (TPSA) is 88.1 Å². The average molecular weight is 369 g/mol. The zero-order valence-electron chi connectivity index (χ0n) is 14.8. The number of fused-ring (bicyclic) bond motifs is 1. The van der Waals surface area contributed by atoms with Gasteiger partial charge in [-0.3, -0.25) is 9.78 Å². The Labute approximate surface area is 161 Å². The number of nitrogens with one attached hydrogen (secondary N) is 1. The van der Waals surface area contributed by atoms with Crippen LogP contribution in [-0.2, 0) is 6.61 Å². The van der Waals surface area contributed by atoms with Crippen LogP contribution in [0.15, 0.2) is 77.3 Å². The van der Waals surface area contributed by atoms with Crippen molar-refractivity contribution >= 4 is 22.5 Å². The first-order valence-electron chi connectivity index (χ1n) is 8.60. The molecule has 136 valence electrons. The molecule has 0 unspecified atom stereocenters. The molecule has 2 heterocycles. The maximum atomic E-state index is 12.5. The number of carbonyl (C=O) groups excluding carboxylic acids is 1. The molecule has 4 rings (SSSR count). The van der Waals surface area contributed by atoms with Crippen molar-refractivity contribution < 1.29 is 13.9 Å². The number of para-hydroxylation sites is 2. The second kappa shape index (κ2) is 7.64. The highest BCUT2D eigenvalue weighted by molar-refractivity contribution is 6.06. The number of carbonyl (C=O) groups is 1. The molecule has 0 aliphatic rings. The van der Waals surface area contributed by atoms with Crippen LogP contribution in [0.1, 0.15) is 21.9 Å². The number of furan rings is 1. The molecule has 0 saturated carbocycles. The molecule has 2 aromatic heterocycles. The molecule has 0 aliphatic carbocycles. The van der Waals surface area contributed by atoms with E-state index in [9.17, 15) is 4.79 Å². The summed E-state index contributed by atoms with van der Waals surface area (Å²) < 4.78 is 11.2. The van der Waals surface area contributed by atoms with Crippen LogP contribution in [0.5, 0.6) is 5.75 Å². The lowest BCUT2D eigenvalue weighted by atomic mass is 10.2. The molecule has 0 radical (unpaired) electrons. The Morgan fingerprint density at radius 3 is 2.82 bits per heavy atom. The van der Waals surface area contributed by atoms with Gasteiger partial charge >= 0.3 is 0 Å². The molecule has 4 aromatic rings. The van der Waals surface area contributed by atoms with Gasteiger partial charge in [0.2, 0.25) is 0 Å². The number of rotatable bonds is 5. The van der Waals surface area contributed by atoms with Crippen LogP contribution in [0.25, 0.3) is 10.9 Å². The fourth-order valence-corrected chi connectivity index (χ4v) is 2.80. The third kappa shape index (κ3) is 3.55. The number of ether oxygens (including phenoxy) is 1. The van der Waals surface area contributed by atoms with Crippen LogP contribution in [0.2, 0.25) is 0 Å². The van der Waals surface area contributed by atoms with E-state index in [0.29, 0.717) is 28.3 Å². The SMILES string of the molecule is N#Cc1ccccc1OCc1ccc(C(=O)Nc2cccc3cccnc23)o1. The molecule has 28 heavy (non-hydrogen) atoms. The van der Waals surface area contributed by atoms with E-state index in [4.69, 9.17) is 14.4 Å². The Balaban J connectivity index is 1.46. The zero-order valence-corrected chi connectivity index (χ0v) is 14.8. The first-order valence-corrected chi connectivity index (χ1v) is 8.60. The van der Waals surface area contributed by atoms with Gasteiger partial charge < -0.3 is 14.5 Å². The Kier molecular flexibility index (Phi) is 4.72. The Bertz CT molecular complexity index is 1190. The number of pyridine rings is 1. The molecule has 0 saturated heterocycles. The van der Waals surface area contributed by atoms with Crippen molar-refractivity contribution in [2.75, 3.05) is 5.32 Å². The van der Waals surface area contributed by atoms with Gasteiger partial charge in [0.05, 0.1) is 16.8 Å². The second-order valence-electron chi connectivity index (χ2n) is 6.00. The monoisotopic (exact) mass is 369 g/mol. The highest BCUT2D eigenvalue weighted by atomic mass is 16.5. The van der Waals surface area contributed by atoms with E-state index in [1.54, 1.807) is 48.7 Å². The number of benzene rings is 2. The van der Waals surface area contributed by atoms with Crippen molar-refractivity contribution in [1.82, 2.24) is 4.98 Å². The number of anilines is 1. The van der Waals surface area contributed by atoms with Crippen molar-refractivity contribution in [3.63, 3.8) is 0 Å². The summed E-state index contributed by atoms with van der Waals surface area (Å²) in [4.78, 5) is 16.9. The van der Waals surface area contributed by atoms with Gasteiger partial charge in [-0.15, -0.1) is 0 Å². The summed E-state index contributed by atoms with van der Waals surface area (Å²) in [5.74, 6) is 0.741. The van der Waals surface area contributed by atoms with Crippen molar-refractivity contribution in [2.45, 2.75) is 6.61 Å². The number of aromatic nitrogens is 1. The van der Waals surface area contributed by atoms with Gasteiger partial charge in [-0.1, -0.05) is 30.3 Å². The van der Waals surface area contributed by atoms with Gasteiger partial charge in [-0.25, -0.2) is 0 Å². The molecule has 6 nitrogen and oxygen atoms in total. The molecule has 0 bridgehead atoms. The fourth-order valence-electron chi connectivity index (χ4n) is 2.80. The highest BCUT2D eigenvalue weighted by Gasteiger charge is 2.14. The Morgan fingerprint density at radius 2 is 1.93 bits per heavy atom. The molecule has 1 N–H and O–H groups in total. The molecule has 0 spiro atoms. The summed E-state index contributed by atoms with van der Waals surface area (Å²) in [6.45, 7) is 0.113. The molecule has 1 amide bonds. The summed E-state index contributed by atoms with van der Waals surface area (Å²) in [7, 11) is 0. The van der Waals surface area contributed by atoms with Crippen LogP contribution < -0.4 is 10.1 Å². The fraction of sp³-hybridized carbons (Fsp3) is 0.0455. The summed E-state index contributed by atoms with van der Waals surface area (Å²) in [6.07, 6.45) is 1.68. The second-order valence-corrected chi connectivity index (χ2v) is 6.00. The lowest BCUT2D eigenvalue weighted by molar-refractivity contribution is 0.0992. The van der Waals surface area contributed by atoms with E-state index in [0.717, 1.165) is 5.39 Å². The molecule has 6 heteroatoms. The minimum absolute atomic E-state index is 0.113. The summed E-state index contributed by atoms with van der Waals surface area (Å²) >= 11 is 0. The minimum Gasteiger partial charge on any atom is -0.484 e. The smallest absolute Gasteiger partial charge is 0.291 e. The predicted octanol–water partition coefficient (Wildman–Crippen LogP) is 4.53. The molecular formula is C22H15N3O3. The predicted molar refractivity (Wildman–Crippen MR) is 104 cm³/mol. The van der Waals surface area contributed by atoms with Crippen LogP contribution in [0, 0.1) is 11.3 Å². The van der Waals surface area contributed by atoms with E-state index in [1.807, 2.05) is 24.3 Å². The van der Waals surface area contributed by atoms with Gasteiger partial charge in [-0.2, -0.15) is 5.26 Å². The average Bonchev–Trinajstić information content (AvgIpc) is 3.22. The summed E-state index contributed by atoms with van der Waals surface area (Å²) in [6, 6.07) is 21.6. The van der Waals surface area contributed by atoms with Gasteiger partial charge in [0, 0.05) is 11.6 Å². The Hall–Kier alpha value is -4.11. The lowest BCUT2D eigenvalue weighted by Crippen LogP contribution is -2.11. The van der Waals surface area contributed by atoms with Crippen molar-refractivity contribution in [1.29, 1.82) is 5.26 Å². The first-order chi connectivity index (χ1) is 13.7. The molecule has 0 atom stereocenters. The molecule has 0 aliphatic heterocycles. The van der Waals surface area contributed by atoms with Crippen molar-refractivity contribution in [3.05, 3.63) is 90.0 Å². The van der Waals surface area contributed by atoms with Gasteiger partial charge in [0.15, 0.2) is 5.76 Å². The Morgan fingerprint density at radius 1 is 1.07 bits per heavy atom. The third-order valence-corrected chi connectivity index (χ3v) is 4.14. The molecular weight excluding hydrogens is 354 g/mol. The van der Waals surface area contributed by atoms with Gasteiger partial charge in [-0.05, 0) is 36.4 Å². The standard InChI is InChI=1S/C22H15N3O3/c23-13-16-5-1-2-9-19(16)27-14-17-10-11-20(28-17)22(26)25-18-8-3-6-15-7-4-12-24-21(15)18/h1-12H,14H2,(H,25,26). The largest absolute Gasteiger partial charge is 0.484 e. The number of hydrogen-bond donors (Lipinski definition) is 1. The molecule has 2 aromatic carbocycles. The summed E-state index contributed by atoms with van der Waals surface area (Å²) in [5, 5.41) is 12.9. The minimum atomic E-state index is -0.373. The lowest BCUT2D eigenvalue weighted by Gasteiger charge is -2.07. The van der Waals surface area contributed by atoms with Gasteiger partial charge in [0.1, 0.15) is 24.2 Å². The van der Waals surface area contributed by atoms with Crippen LogP contribution in [-0.4, -0.2) is 10.9 Å². The first kappa shape index (κ1) is 17.3. The third-order valence-electron chi connectivity index (χ3n) is 4.14. The van der Waals surface area contributed by atoms with Crippen molar-refractivity contribution in [2.24, 2.45) is 0 Å². The van der Waals surface area contributed by atoms with Crippen LogP contribution in [0.4, 0.5) is 5.69 Å². The normalized spacial score (nSPS) is 10.4. The van der Waals surface area contributed by atoms with E-state index >= 15 is 0 Å². The number of amides is 1. The zero-order chi connectivity index (χ0) is 19.3. The number of hydrogen-bond acceptors (Lipinski definition) is 5. The van der Waals surface area contributed by atoms with Crippen LogP contribution >= 0.6 is 0 Å². The summed E-state index contributed by atoms with van der Waals surface area (Å²) in [5.41, 5.74) is 1.76. The van der Waals surface area contributed by atoms with E-state index in [-0.39, 0.29) is 18.3 Å². The maximum absolute atomic E-state index is 12.5. The maximum Gasteiger partial charge on any atom is 0.291 e. The quantitative estimate of drug-likeness (QED) is 0.558. The van der Waals surface area contributed by atoms with Crippen LogP contribution in [0.3, 0.4) is 0 Å². The molecule has 0 fully saturated rings. The van der Waals surface area contributed by atoms with Gasteiger partial charge in [0.25, 0.3) is 5.91 Å². The van der Waals surface area contributed by atoms with E-state index in [1.165, 1.54) is 0 Å². The van der Waals surface area contributed by atoms with E-state index < -0.39 is 0 Å². The van der Waals surface area contributed by atoms with Crippen molar-refractivity contribution in [3.8, 4) is 11.8 Å². The number of nitrogens with zero attached hydrogens (tertiary/aromatic N) is 2. The number of nitriles is 1.